The van der Waals surface area contributed by atoms with Crippen molar-refractivity contribution in [3.63, 3.8) is 0 Å². The number of carbonyl (C=O) groups excluding carboxylic acids is 3. The van der Waals surface area contributed by atoms with Gasteiger partial charge in [0.2, 0.25) is 17.7 Å². The van der Waals surface area contributed by atoms with Gasteiger partial charge in [-0.05, 0) is 68.9 Å². The Labute approximate surface area is 279 Å². The van der Waals surface area contributed by atoms with E-state index in [2.05, 4.69) is 10.6 Å². The number of fused-ring (bicyclic) bond motifs is 5. The summed E-state index contributed by atoms with van der Waals surface area (Å²) >= 11 is 0. The van der Waals surface area contributed by atoms with Gasteiger partial charge in [0.05, 0.1) is 12.1 Å². The maximum atomic E-state index is 14.3. The fraction of sp³-hybridized carbons (Fsp3) is 0.486. The molecule has 2 aromatic carbocycles. The van der Waals surface area contributed by atoms with Crippen molar-refractivity contribution in [1.82, 2.24) is 20.5 Å². The van der Waals surface area contributed by atoms with Crippen molar-refractivity contribution in [2.24, 2.45) is 5.92 Å². The van der Waals surface area contributed by atoms with Crippen LogP contribution in [0.4, 0.5) is 4.79 Å². The molecule has 3 fully saturated rings. The molecule has 3 amide bonds. The minimum atomic E-state index is -1.42. The average Bonchev–Trinajstić information content (AvgIpc) is 3.36. The molecule has 2 aliphatic carbocycles. The normalized spacial score (nSPS) is 28.2. The lowest BCUT2D eigenvalue weighted by atomic mass is 10.0. The molecule has 252 valence electrons. The van der Waals surface area contributed by atoms with Crippen LogP contribution in [0.15, 0.2) is 60.7 Å². The number of benzene rings is 2. The van der Waals surface area contributed by atoms with Gasteiger partial charge in [0.25, 0.3) is 0 Å². The number of allylic oxidation sites excluding steroid dienone is 1. The van der Waals surface area contributed by atoms with Crippen molar-refractivity contribution in [2.45, 2.75) is 100 Å². The number of hydrogen-bond acceptors (Lipinski definition) is 7. The van der Waals surface area contributed by atoms with E-state index < -0.39 is 47.6 Å². The van der Waals surface area contributed by atoms with Crippen LogP contribution in [0.1, 0.15) is 70.6 Å². The lowest BCUT2D eigenvalue weighted by Crippen LogP contribution is -2.56. The van der Waals surface area contributed by atoms with Crippen LogP contribution in [0.5, 0.6) is 5.88 Å². The topological polar surface area (TPSA) is 147 Å². The van der Waals surface area contributed by atoms with Crippen molar-refractivity contribution < 1.29 is 33.8 Å². The molecular formula is C37H42N4O7. The van der Waals surface area contributed by atoms with E-state index in [1.807, 2.05) is 60.7 Å². The van der Waals surface area contributed by atoms with Crippen molar-refractivity contribution in [3.8, 4) is 5.88 Å². The number of carboxylic acids is 1. The first-order chi connectivity index (χ1) is 23.3. The largest absolute Gasteiger partial charge is 0.479 e. The summed E-state index contributed by atoms with van der Waals surface area (Å²) in [6.45, 7) is 0.0685. The van der Waals surface area contributed by atoms with Crippen molar-refractivity contribution in [2.75, 3.05) is 6.54 Å². The monoisotopic (exact) mass is 654 g/mol. The van der Waals surface area contributed by atoms with Gasteiger partial charge in [0.1, 0.15) is 29.8 Å². The molecule has 3 aromatic rings. The Morgan fingerprint density at radius 3 is 2.44 bits per heavy atom. The van der Waals surface area contributed by atoms with Gasteiger partial charge in [-0.25, -0.2) is 14.6 Å². The number of nitrogens with zero attached hydrogens (tertiary/aromatic N) is 2. The SMILES string of the molecule is O=C(N[C@H]1CCCCCC=C[C@@H]2C[C@@]2(C(=O)O)NC(=O)[C@@H]2C[C@@H](Oc3nc4ccccc4c4ccccc34)CN2C1=O)OC1CCCC1. The predicted octanol–water partition coefficient (Wildman–Crippen LogP) is 5.25. The summed E-state index contributed by atoms with van der Waals surface area (Å²) in [6.07, 6.45) is 10.0. The van der Waals surface area contributed by atoms with Crippen molar-refractivity contribution >= 4 is 45.6 Å². The van der Waals surface area contributed by atoms with Crippen LogP contribution in [0.3, 0.4) is 0 Å². The Kier molecular flexibility index (Phi) is 8.94. The number of rotatable bonds is 5. The fourth-order valence-corrected chi connectivity index (χ4v) is 7.60. The third kappa shape index (κ3) is 6.42. The quantitative estimate of drug-likeness (QED) is 0.250. The smallest absolute Gasteiger partial charge is 0.408 e. The number of carbonyl (C=O) groups is 4. The Morgan fingerprint density at radius 1 is 0.917 bits per heavy atom. The molecular weight excluding hydrogens is 612 g/mol. The molecule has 2 saturated carbocycles. The zero-order valence-corrected chi connectivity index (χ0v) is 26.9. The first kappa shape index (κ1) is 31.9. The van der Waals surface area contributed by atoms with Gasteiger partial charge < -0.3 is 30.1 Å². The fourth-order valence-electron chi connectivity index (χ4n) is 7.60. The summed E-state index contributed by atoms with van der Waals surface area (Å²) in [5.41, 5.74) is -0.658. The molecule has 1 aromatic heterocycles. The van der Waals surface area contributed by atoms with E-state index in [4.69, 9.17) is 14.5 Å². The molecule has 3 heterocycles. The van der Waals surface area contributed by atoms with Gasteiger partial charge in [-0.1, -0.05) is 61.4 Å². The second-order valence-corrected chi connectivity index (χ2v) is 13.6. The molecule has 11 heteroatoms. The maximum Gasteiger partial charge on any atom is 0.408 e. The minimum absolute atomic E-state index is 0.0685. The number of nitrogens with one attached hydrogen (secondary N) is 2. The average molecular weight is 655 g/mol. The standard InChI is InChI=1S/C37H42N4O7/c42-32-31-20-25(47-33-28-17-9-8-15-26(28)27-16-10-11-18-29(27)38-33)22-41(31)34(43)30(39-36(46)48-24-13-6-7-14-24)19-5-3-1-2-4-12-23-21-37(23,40-32)35(44)45/h4,8-12,15-18,23-25,30-31H,1-3,5-7,13-14,19-22H2,(H,39,46)(H,40,42)(H,44,45)/t23-,25-,30+,31+,37-/m1/s1. The Morgan fingerprint density at radius 2 is 1.65 bits per heavy atom. The van der Waals surface area contributed by atoms with E-state index in [0.717, 1.165) is 66.6 Å². The summed E-state index contributed by atoms with van der Waals surface area (Å²) in [4.78, 5) is 60.1. The highest BCUT2D eigenvalue weighted by molar-refractivity contribution is 6.07. The summed E-state index contributed by atoms with van der Waals surface area (Å²) in [7, 11) is 0. The summed E-state index contributed by atoms with van der Waals surface area (Å²) < 4.78 is 12.2. The third-order valence-electron chi connectivity index (χ3n) is 10.3. The number of alkyl carbamates (subject to hydrolysis) is 1. The number of aromatic nitrogens is 1. The van der Waals surface area contributed by atoms with Crippen molar-refractivity contribution in [1.29, 1.82) is 0 Å². The minimum Gasteiger partial charge on any atom is -0.479 e. The molecule has 48 heavy (non-hydrogen) atoms. The van der Waals surface area contributed by atoms with E-state index in [1.165, 1.54) is 4.90 Å². The molecule has 1 saturated heterocycles. The lowest BCUT2D eigenvalue weighted by Gasteiger charge is -2.29. The van der Waals surface area contributed by atoms with Crippen LogP contribution in [0.2, 0.25) is 0 Å². The van der Waals surface area contributed by atoms with E-state index >= 15 is 0 Å². The summed E-state index contributed by atoms with van der Waals surface area (Å²) in [6, 6.07) is 13.7. The highest BCUT2D eigenvalue weighted by Crippen LogP contribution is 2.45. The van der Waals surface area contributed by atoms with Gasteiger partial charge in [-0.15, -0.1) is 0 Å². The van der Waals surface area contributed by atoms with Gasteiger partial charge in [-0.3, -0.25) is 9.59 Å². The van der Waals surface area contributed by atoms with Crippen LogP contribution in [0.25, 0.3) is 21.7 Å². The summed E-state index contributed by atoms with van der Waals surface area (Å²) in [5.74, 6) is -1.99. The number of pyridine rings is 1. The van der Waals surface area contributed by atoms with E-state index in [0.29, 0.717) is 18.7 Å². The number of carboxylic acid groups (broad SMARTS) is 1. The van der Waals surface area contributed by atoms with Crippen LogP contribution in [0, 0.1) is 5.92 Å². The Bertz CT molecular complexity index is 1750. The zero-order chi connectivity index (χ0) is 33.3. The van der Waals surface area contributed by atoms with Gasteiger partial charge in [0.15, 0.2) is 0 Å². The first-order valence-electron chi connectivity index (χ1n) is 17.3. The lowest BCUT2D eigenvalue weighted by molar-refractivity contribution is -0.145. The second-order valence-electron chi connectivity index (χ2n) is 13.6. The molecule has 7 rings (SSSR count). The molecule has 0 bridgehead atoms. The predicted molar refractivity (Wildman–Crippen MR) is 178 cm³/mol. The molecule has 0 radical (unpaired) electrons. The van der Waals surface area contributed by atoms with Crippen molar-refractivity contribution in [3.05, 3.63) is 60.7 Å². The van der Waals surface area contributed by atoms with E-state index in [-0.39, 0.29) is 31.4 Å². The second kappa shape index (κ2) is 13.4. The summed E-state index contributed by atoms with van der Waals surface area (Å²) in [5, 5.41) is 18.6. The van der Waals surface area contributed by atoms with Crippen LogP contribution in [-0.2, 0) is 19.1 Å². The number of para-hydroxylation sites is 1. The molecule has 5 atom stereocenters. The molecule has 2 aliphatic heterocycles. The van der Waals surface area contributed by atoms with Crippen LogP contribution < -0.4 is 15.4 Å². The Hall–Kier alpha value is -4.67. The first-order valence-corrected chi connectivity index (χ1v) is 17.3. The van der Waals surface area contributed by atoms with Crippen LogP contribution >= 0.6 is 0 Å². The zero-order valence-electron chi connectivity index (χ0n) is 26.9. The molecule has 4 aliphatic rings. The molecule has 0 spiro atoms. The molecule has 11 nitrogen and oxygen atoms in total. The number of ether oxygens (including phenoxy) is 2. The van der Waals surface area contributed by atoms with Gasteiger partial charge in [-0.2, -0.15) is 0 Å². The third-order valence-corrected chi connectivity index (χ3v) is 10.3. The van der Waals surface area contributed by atoms with Gasteiger partial charge >= 0.3 is 12.1 Å². The highest BCUT2D eigenvalue weighted by atomic mass is 16.6. The number of hydrogen-bond donors (Lipinski definition) is 3. The van der Waals surface area contributed by atoms with Crippen LogP contribution in [-0.4, -0.2) is 75.2 Å². The van der Waals surface area contributed by atoms with E-state index in [1.54, 1.807) is 0 Å². The molecule has 3 N–H and O–H groups in total. The maximum absolute atomic E-state index is 14.3. The number of aliphatic carboxylic acids is 1. The van der Waals surface area contributed by atoms with E-state index in [9.17, 15) is 24.3 Å². The van der Waals surface area contributed by atoms with Gasteiger partial charge in [0, 0.05) is 23.1 Å². The Balaban J connectivity index is 1.19. The molecule has 0 unspecified atom stereocenters. The number of amides is 3. The highest BCUT2D eigenvalue weighted by Gasteiger charge is 2.61.